The summed E-state index contributed by atoms with van der Waals surface area (Å²) in [6.45, 7) is 0. The number of hydrogen-bond donors (Lipinski definition) is 1. The number of non-ortho nitro benzene ring substituents is 1. The third-order valence-electron chi connectivity index (χ3n) is 3.41. The highest BCUT2D eigenvalue weighted by molar-refractivity contribution is 6.04. The first-order valence-electron chi connectivity index (χ1n) is 7.50. The zero-order chi connectivity index (χ0) is 17.6. The van der Waals surface area contributed by atoms with E-state index in [1.165, 1.54) is 24.3 Å². The van der Waals surface area contributed by atoms with Crippen LogP contribution in [0.1, 0.15) is 10.4 Å². The van der Waals surface area contributed by atoms with Crippen LogP contribution in [0.25, 0.3) is 0 Å². The van der Waals surface area contributed by atoms with Crippen LogP contribution in [0.15, 0.2) is 78.9 Å². The second-order valence-electron chi connectivity index (χ2n) is 5.20. The van der Waals surface area contributed by atoms with Gasteiger partial charge >= 0.3 is 0 Å². The fourth-order valence-electron chi connectivity index (χ4n) is 2.20. The predicted molar refractivity (Wildman–Crippen MR) is 94.0 cm³/mol. The highest BCUT2D eigenvalue weighted by atomic mass is 16.6. The number of nitrogens with zero attached hydrogens (tertiary/aromatic N) is 1. The first-order chi connectivity index (χ1) is 12.1. The number of para-hydroxylation sites is 1. The molecule has 6 heteroatoms. The monoisotopic (exact) mass is 334 g/mol. The lowest BCUT2D eigenvalue weighted by molar-refractivity contribution is -0.384. The van der Waals surface area contributed by atoms with Gasteiger partial charge < -0.3 is 10.1 Å². The number of anilines is 1. The fraction of sp³-hybridized carbons (Fsp3) is 0. The summed E-state index contributed by atoms with van der Waals surface area (Å²) in [6.07, 6.45) is 0. The Morgan fingerprint density at radius 3 is 2.24 bits per heavy atom. The summed E-state index contributed by atoms with van der Waals surface area (Å²) >= 11 is 0. The SMILES string of the molecule is O=C(Nc1cccc(Oc2ccccc2)c1)c1ccc([N+](=O)[O-])cc1. The van der Waals surface area contributed by atoms with Crippen LogP contribution in [0.5, 0.6) is 11.5 Å². The van der Waals surface area contributed by atoms with Crippen molar-refractivity contribution >= 4 is 17.3 Å². The van der Waals surface area contributed by atoms with E-state index >= 15 is 0 Å². The summed E-state index contributed by atoms with van der Waals surface area (Å²) in [5.74, 6) is 0.931. The van der Waals surface area contributed by atoms with E-state index in [0.717, 1.165) is 0 Å². The maximum absolute atomic E-state index is 12.2. The molecule has 25 heavy (non-hydrogen) atoms. The Balaban J connectivity index is 1.71. The van der Waals surface area contributed by atoms with Crippen LogP contribution in [-0.2, 0) is 0 Å². The van der Waals surface area contributed by atoms with Crippen molar-refractivity contribution < 1.29 is 14.5 Å². The second kappa shape index (κ2) is 7.27. The molecule has 6 nitrogen and oxygen atoms in total. The minimum Gasteiger partial charge on any atom is -0.457 e. The maximum atomic E-state index is 12.2. The zero-order valence-corrected chi connectivity index (χ0v) is 13.1. The first-order valence-corrected chi connectivity index (χ1v) is 7.50. The van der Waals surface area contributed by atoms with Gasteiger partial charge in [-0.15, -0.1) is 0 Å². The summed E-state index contributed by atoms with van der Waals surface area (Å²) in [7, 11) is 0. The molecule has 124 valence electrons. The number of hydrogen-bond acceptors (Lipinski definition) is 4. The van der Waals surface area contributed by atoms with Gasteiger partial charge in [0, 0.05) is 29.4 Å². The molecule has 0 heterocycles. The molecule has 0 saturated heterocycles. The fourth-order valence-corrected chi connectivity index (χ4v) is 2.20. The van der Waals surface area contributed by atoms with Gasteiger partial charge in [-0.05, 0) is 36.4 Å². The molecule has 0 aromatic heterocycles. The van der Waals surface area contributed by atoms with Crippen molar-refractivity contribution in [2.75, 3.05) is 5.32 Å². The molecule has 3 aromatic rings. The molecule has 0 atom stereocenters. The molecular weight excluding hydrogens is 320 g/mol. The first kappa shape index (κ1) is 16.2. The molecule has 0 aliphatic rings. The number of nitrogens with one attached hydrogen (secondary N) is 1. The van der Waals surface area contributed by atoms with Crippen molar-refractivity contribution in [2.24, 2.45) is 0 Å². The highest BCUT2D eigenvalue weighted by Crippen LogP contribution is 2.24. The lowest BCUT2D eigenvalue weighted by Crippen LogP contribution is -2.11. The molecule has 3 rings (SSSR count). The Hall–Kier alpha value is -3.67. The summed E-state index contributed by atoms with van der Waals surface area (Å²) in [5.41, 5.74) is 0.839. The van der Waals surface area contributed by atoms with Crippen LogP contribution in [-0.4, -0.2) is 10.8 Å². The van der Waals surface area contributed by atoms with Crippen LogP contribution in [0.3, 0.4) is 0 Å². The van der Waals surface area contributed by atoms with E-state index in [9.17, 15) is 14.9 Å². The number of amides is 1. The summed E-state index contributed by atoms with van der Waals surface area (Å²) in [6, 6.07) is 21.7. The molecule has 0 radical (unpaired) electrons. The Morgan fingerprint density at radius 1 is 0.880 bits per heavy atom. The number of benzene rings is 3. The molecule has 0 unspecified atom stereocenters. The third kappa shape index (κ3) is 4.20. The van der Waals surface area contributed by atoms with Crippen molar-refractivity contribution in [1.82, 2.24) is 0 Å². The van der Waals surface area contributed by atoms with Gasteiger partial charge in [0.05, 0.1) is 4.92 Å². The van der Waals surface area contributed by atoms with Crippen molar-refractivity contribution in [3.63, 3.8) is 0 Å². The van der Waals surface area contributed by atoms with E-state index in [1.807, 2.05) is 30.3 Å². The highest BCUT2D eigenvalue weighted by Gasteiger charge is 2.10. The summed E-state index contributed by atoms with van der Waals surface area (Å²) < 4.78 is 5.72. The summed E-state index contributed by atoms with van der Waals surface area (Å²) in [5, 5.41) is 13.4. The number of carbonyl (C=O) groups excluding carboxylic acids is 1. The van der Waals surface area contributed by atoms with E-state index in [4.69, 9.17) is 4.74 Å². The Labute approximate surface area is 143 Å². The molecule has 0 bridgehead atoms. The van der Waals surface area contributed by atoms with Gasteiger partial charge in [0.15, 0.2) is 0 Å². The van der Waals surface area contributed by atoms with Crippen LogP contribution < -0.4 is 10.1 Å². The van der Waals surface area contributed by atoms with E-state index in [-0.39, 0.29) is 11.6 Å². The average molecular weight is 334 g/mol. The van der Waals surface area contributed by atoms with Crippen molar-refractivity contribution in [3.05, 3.63) is 94.5 Å². The van der Waals surface area contributed by atoms with Gasteiger partial charge in [-0.1, -0.05) is 24.3 Å². The Kier molecular flexibility index (Phi) is 4.71. The lowest BCUT2D eigenvalue weighted by atomic mass is 10.2. The second-order valence-corrected chi connectivity index (χ2v) is 5.20. The number of carbonyl (C=O) groups is 1. The topological polar surface area (TPSA) is 81.5 Å². The molecule has 0 aliphatic heterocycles. The van der Waals surface area contributed by atoms with Crippen molar-refractivity contribution in [2.45, 2.75) is 0 Å². The van der Waals surface area contributed by atoms with Crippen LogP contribution in [0.4, 0.5) is 11.4 Å². The van der Waals surface area contributed by atoms with E-state index in [2.05, 4.69) is 5.32 Å². The Morgan fingerprint density at radius 2 is 1.56 bits per heavy atom. The average Bonchev–Trinajstić information content (AvgIpc) is 2.63. The number of rotatable bonds is 5. The zero-order valence-electron chi connectivity index (χ0n) is 13.1. The molecule has 1 amide bonds. The van der Waals surface area contributed by atoms with Crippen LogP contribution in [0.2, 0.25) is 0 Å². The molecule has 0 aliphatic carbocycles. The quantitative estimate of drug-likeness (QED) is 0.544. The van der Waals surface area contributed by atoms with Gasteiger partial charge in [0.1, 0.15) is 11.5 Å². The van der Waals surface area contributed by atoms with Gasteiger partial charge in [-0.2, -0.15) is 0 Å². The number of nitro groups is 1. The predicted octanol–water partition coefficient (Wildman–Crippen LogP) is 4.64. The van der Waals surface area contributed by atoms with Gasteiger partial charge in [0.2, 0.25) is 0 Å². The van der Waals surface area contributed by atoms with Crippen LogP contribution in [0, 0.1) is 10.1 Å². The van der Waals surface area contributed by atoms with Gasteiger partial charge in [-0.3, -0.25) is 14.9 Å². The normalized spacial score (nSPS) is 10.1. The Bertz CT molecular complexity index is 893. The lowest BCUT2D eigenvalue weighted by Gasteiger charge is -2.09. The number of ether oxygens (including phenoxy) is 1. The van der Waals surface area contributed by atoms with E-state index in [1.54, 1.807) is 24.3 Å². The minimum absolute atomic E-state index is 0.0604. The molecular formula is C19H14N2O4. The van der Waals surface area contributed by atoms with Crippen LogP contribution >= 0.6 is 0 Å². The maximum Gasteiger partial charge on any atom is 0.269 e. The van der Waals surface area contributed by atoms with E-state index < -0.39 is 4.92 Å². The third-order valence-corrected chi connectivity index (χ3v) is 3.41. The standard InChI is InChI=1S/C19H14N2O4/c22-19(14-9-11-16(12-10-14)21(23)24)20-15-5-4-8-18(13-15)25-17-6-2-1-3-7-17/h1-13H,(H,20,22). The van der Waals surface area contributed by atoms with Gasteiger partial charge in [-0.25, -0.2) is 0 Å². The van der Waals surface area contributed by atoms with Crippen molar-refractivity contribution in [1.29, 1.82) is 0 Å². The molecule has 0 fully saturated rings. The minimum atomic E-state index is -0.508. The molecule has 0 saturated carbocycles. The van der Waals surface area contributed by atoms with E-state index in [0.29, 0.717) is 22.7 Å². The van der Waals surface area contributed by atoms with Gasteiger partial charge in [0.25, 0.3) is 11.6 Å². The van der Waals surface area contributed by atoms with Crippen molar-refractivity contribution in [3.8, 4) is 11.5 Å². The summed E-state index contributed by atoms with van der Waals surface area (Å²) in [4.78, 5) is 22.4. The molecule has 3 aromatic carbocycles. The molecule has 0 spiro atoms. The molecule has 1 N–H and O–H groups in total. The largest absolute Gasteiger partial charge is 0.457 e. The number of nitro benzene ring substituents is 1. The smallest absolute Gasteiger partial charge is 0.269 e.